The molecule has 1 heterocycles. The quantitative estimate of drug-likeness (QED) is 0.596. The van der Waals surface area contributed by atoms with Crippen molar-refractivity contribution in [1.82, 2.24) is 4.31 Å². The zero-order valence-electron chi connectivity index (χ0n) is 14.5. The highest BCUT2D eigenvalue weighted by atomic mass is 32.2. The summed E-state index contributed by atoms with van der Waals surface area (Å²) in [5.74, 6) is 1.95. The SMILES string of the molecule is CS(=O)(=O)N1CC(CN=C(N)Nc2cccc(Oc3ccccc3)c2)C1. The van der Waals surface area contributed by atoms with Gasteiger partial charge in [0.05, 0.1) is 6.26 Å². The smallest absolute Gasteiger partial charge is 0.211 e. The van der Waals surface area contributed by atoms with E-state index in [9.17, 15) is 8.42 Å². The van der Waals surface area contributed by atoms with Crippen LogP contribution in [-0.4, -0.2) is 44.6 Å². The number of hydrogen-bond donors (Lipinski definition) is 2. The first-order chi connectivity index (χ1) is 12.4. The van der Waals surface area contributed by atoms with Gasteiger partial charge in [0.25, 0.3) is 0 Å². The number of guanidine groups is 1. The third-order valence-corrected chi connectivity index (χ3v) is 5.23. The molecule has 7 nitrogen and oxygen atoms in total. The van der Waals surface area contributed by atoms with E-state index in [-0.39, 0.29) is 5.92 Å². The Morgan fingerprint density at radius 1 is 1.19 bits per heavy atom. The van der Waals surface area contributed by atoms with Crippen LogP contribution in [0.4, 0.5) is 5.69 Å². The summed E-state index contributed by atoms with van der Waals surface area (Å²) in [7, 11) is -3.09. The second-order valence-corrected chi connectivity index (χ2v) is 8.22. The molecular weight excluding hydrogens is 352 g/mol. The number of benzene rings is 2. The molecule has 26 heavy (non-hydrogen) atoms. The molecule has 3 rings (SSSR count). The van der Waals surface area contributed by atoms with Crippen molar-refractivity contribution in [3.05, 3.63) is 54.6 Å². The lowest BCUT2D eigenvalue weighted by Crippen LogP contribution is -2.50. The Hall–Kier alpha value is -2.58. The Labute approximate surface area is 153 Å². The van der Waals surface area contributed by atoms with Crippen LogP contribution in [0.25, 0.3) is 0 Å². The fourth-order valence-corrected chi connectivity index (χ4v) is 3.55. The molecular formula is C18H22N4O3S. The number of anilines is 1. The Morgan fingerprint density at radius 3 is 2.58 bits per heavy atom. The second-order valence-electron chi connectivity index (χ2n) is 6.24. The first kappa shape index (κ1) is 18.2. The van der Waals surface area contributed by atoms with E-state index in [4.69, 9.17) is 10.5 Å². The highest BCUT2D eigenvalue weighted by molar-refractivity contribution is 7.88. The predicted molar refractivity (Wildman–Crippen MR) is 103 cm³/mol. The molecule has 1 aliphatic heterocycles. The molecule has 0 aliphatic carbocycles. The molecule has 0 spiro atoms. The average molecular weight is 374 g/mol. The van der Waals surface area contributed by atoms with E-state index in [2.05, 4.69) is 10.3 Å². The van der Waals surface area contributed by atoms with Gasteiger partial charge in [-0.25, -0.2) is 12.7 Å². The van der Waals surface area contributed by atoms with E-state index < -0.39 is 10.0 Å². The lowest BCUT2D eigenvalue weighted by atomic mass is 10.0. The molecule has 0 radical (unpaired) electrons. The minimum absolute atomic E-state index is 0.206. The van der Waals surface area contributed by atoms with Gasteiger partial charge in [-0.3, -0.25) is 4.99 Å². The number of sulfonamides is 1. The maximum Gasteiger partial charge on any atom is 0.211 e. The summed E-state index contributed by atoms with van der Waals surface area (Å²) in [5, 5.41) is 3.03. The van der Waals surface area contributed by atoms with Crippen LogP contribution >= 0.6 is 0 Å². The summed E-state index contributed by atoms with van der Waals surface area (Å²) < 4.78 is 29.9. The summed E-state index contributed by atoms with van der Waals surface area (Å²) in [5.41, 5.74) is 6.69. The number of hydrogen-bond acceptors (Lipinski definition) is 4. The summed E-state index contributed by atoms with van der Waals surface area (Å²) in [6.07, 6.45) is 1.22. The Bertz CT molecular complexity index is 878. The molecule has 138 valence electrons. The van der Waals surface area contributed by atoms with Gasteiger partial charge in [-0.15, -0.1) is 0 Å². The zero-order chi connectivity index (χ0) is 18.6. The van der Waals surface area contributed by atoms with Crippen molar-refractivity contribution in [2.45, 2.75) is 0 Å². The Morgan fingerprint density at radius 2 is 1.88 bits per heavy atom. The Balaban J connectivity index is 1.53. The number of para-hydroxylation sites is 1. The normalized spacial score (nSPS) is 16.1. The first-order valence-electron chi connectivity index (χ1n) is 8.25. The number of nitrogens with two attached hydrogens (primary N) is 1. The van der Waals surface area contributed by atoms with E-state index in [0.717, 1.165) is 11.4 Å². The van der Waals surface area contributed by atoms with Crippen molar-refractivity contribution >= 4 is 21.7 Å². The van der Waals surface area contributed by atoms with Crippen LogP contribution in [0, 0.1) is 5.92 Å². The fourth-order valence-electron chi connectivity index (χ4n) is 2.59. The van der Waals surface area contributed by atoms with Crippen molar-refractivity contribution in [2.75, 3.05) is 31.2 Å². The highest BCUT2D eigenvalue weighted by Crippen LogP contribution is 2.24. The predicted octanol–water partition coefficient (Wildman–Crippen LogP) is 2.10. The first-order valence-corrected chi connectivity index (χ1v) is 10.1. The topological polar surface area (TPSA) is 97.0 Å². The van der Waals surface area contributed by atoms with Gasteiger partial charge in [-0.1, -0.05) is 24.3 Å². The number of ether oxygens (including phenoxy) is 1. The lowest BCUT2D eigenvalue weighted by Gasteiger charge is -2.36. The maximum absolute atomic E-state index is 11.3. The molecule has 0 atom stereocenters. The van der Waals surface area contributed by atoms with Gasteiger partial charge in [0, 0.05) is 37.3 Å². The van der Waals surface area contributed by atoms with Crippen molar-refractivity contribution in [2.24, 2.45) is 16.6 Å². The largest absolute Gasteiger partial charge is 0.457 e. The summed E-state index contributed by atoms with van der Waals surface area (Å²) >= 11 is 0. The minimum Gasteiger partial charge on any atom is -0.457 e. The van der Waals surface area contributed by atoms with Gasteiger partial charge in [0.15, 0.2) is 5.96 Å². The van der Waals surface area contributed by atoms with Crippen LogP contribution in [0.2, 0.25) is 0 Å². The van der Waals surface area contributed by atoms with Crippen molar-refractivity contribution in [3.8, 4) is 11.5 Å². The molecule has 1 fully saturated rings. The van der Waals surface area contributed by atoms with E-state index in [1.807, 2.05) is 54.6 Å². The van der Waals surface area contributed by atoms with E-state index >= 15 is 0 Å². The van der Waals surface area contributed by atoms with Crippen molar-refractivity contribution in [3.63, 3.8) is 0 Å². The average Bonchev–Trinajstić information content (AvgIpc) is 2.53. The van der Waals surface area contributed by atoms with Crippen LogP contribution in [0.1, 0.15) is 0 Å². The molecule has 0 saturated carbocycles. The molecule has 2 aromatic carbocycles. The van der Waals surface area contributed by atoms with Gasteiger partial charge in [-0.2, -0.15) is 0 Å². The molecule has 2 aromatic rings. The molecule has 1 aliphatic rings. The van der Waals surface area contributed by atoms with Crippen LogP contribution in [0.5, 0.6) is 11.5 Å². The number of rotatable bonds is 6. The summed E-state index contributed by atoms with van der Waals surface area (Å²) in [6.45, 7) is 1.48. The van der Waals surface area contributed by atoms with E-state index in [1.54, 1.807) is 0 Å². The molecule has 0 unspecified atom stereocenters. The lowest BCUT2D eigenvalue weighted by molar-refractivity contribution is 0.209. The van der Waals surface area contributed by atoms with Gasteiger partial charge < -0.3 is 15.8 Å². The van der Waals surface area contributed by atoms with Crippen molar-refractivity contribution < 1.29 is 13.2 Å². The van der Waals surface area contributed by atoms with Crippen LogP contribution in [-0.2, 0) is 10.0 Å². The standard InChI is InChI=1S/C18H22N4O3S/c1-26(23,24)22-12-14(13-22)11-20-18(19)21-15-6-5-9-17(10-15)25-16-7-3-2-4-8-16/h2-10,14H,11-13H2,1H3,(H3,19,20,21). The van der Waals surface area contributed by atoms with Gasteiger partial charge >= 0.3 is 0 Å². The third-order valence-electron chi connectivity index (χ3n) is 4.00. The Kier molecular flexibility index (Phi) is 5.43. The fraction of sp³-hybridized carbons (Fsp3) is 0.278. The van der Waals surface area contributed by atoms with E-state index in [1.165, 1.54) is 10.6 Å². The second kappa shape index (κ2) is 7.76. The minimum atomic E-state index is -3.09. The van der Waals surface area contributed by atoms with Gasteiger partial charge in [-0.05, 0) is 24.3 Å². The molecule has 8 heteroatoms. The highest BCUT2D eigenvalue weighted by Gasteiger charge is 2.32. The van der Waals surface area contributed by atoms with Crippen LogP contribution < -0.4 is 15.8 Å². The number of nitrogens with zero attached hydrogens (tertiary/aromatic N) is 2. The van der Waals surface area contributed by atoms with Crippen LogP contribution in [0.3, 0.4) is 0 Å². The number of aliphatic imine (C=N–C) groups is 1. The monoisotopic (exact) mass is 374 g/mol. The molecule has 0 bridgehead atoms. The summed E-state index contributed by atoms with van der Waals surface area (Å²) in [6, 6.07) is 16.9. The molecule has 0 amide bonds. The third kappa shape index (κ3) is 4.96. The van der Waals surface area contributed by atoms with Gasteiger partial charge in [0.1, 0.15) is 11.5 Å². The van der Waals surface area contributed by atoms with Gasteiger partial charge in [0.2, 0.25) is 10.0 Å². The number of nitrogens with one attached hydrogen (secondary N) is 1. The maximum atomic E-state index is 11.3. The van der Waals surface area contributed by atoms with Crippen LogP contribution in [0.15, 0.2) is 59.6 Å². The van der Waals surface area contributed by atoms with Crippen molar-refractivity contribution in [1.29, 1.82) is 0 Å². The van der Waals surface area contributed by atoms with E-state index in [0.29, 0.717) is 31.3 Å². The molecule has 1 saturated heterocycles. The molecule has 3 N–H and O–H groups in total. The zero-order valence-corrected chi connectivity index (χ0v) is 15.3. The molecule has 0 aromatic heterocycles. The summed E-state index contributed by atoms with van der Waals surface area (Å²) in [4.78, 5) is 4.29.